The molecule has 4 rings (SSSR count). The first kappa shape index (κ1) is 22.9. The minimum atomic E-state index is -3.68. The fourth-order valence-electron chi connectivity index (χ4n) is 4.33. The number of amides is 2. The maximum atomic E-state index is 13.0. The van der Waals surface area contributed by atoms with Crippen LogP contribution in [0.25, 0.3) is 0 Å². The molecule has 2 aromatic rings. The highest BCUT2D eigenvalue weighted by Crippen LogP contribution is 2.40. The van der Waals surface area contributed by atoms with Crippen molar-refractivity contribution in [2.24, 2.45) is 0 Å². The van der Waals surface area contributed by atoms with E-state index in [2.05, 4.69) is 5.32 Å². The average Bonchev–Trinajstić information content (AvgIpc) is 3.25. The number of methoxy groups -OCH3 is 3. The summed E-state index contributed by atoms with van der Waals surface area (Å²) in [5, 5.41) is 2.69. The number of benzene rings is 2. The number of nitrogens with one attached hydrogen (secondary N) is 1. The molecule has 0 spiro atoms. The third-order valence-corrected chi connectivity index (χ3v) is 7.63. The van der Waals surface area contributed by atoms with Crippen molar-refractivity contribution in [2.75, 3.05) is 43.8 Å². The van der Waals surface area contributed by atoms with Gasteiger partial charge in [-0.25, -0.2) is 8.42 Å². The smallest absolute Gasteiger partial charge is 0.227 e. The Hall–Kier alpha value is -3.27. The van der Waals surface area contributed by atoms with E-state index < -0.39 is 15.7 Å². The lowest BCUT2D eigenvalue weighted by atomic mass is 10.00. The lowest BCUT2D eigenvalue weighted by molar-refractivity contribution is -0.119. The second-order valence-corrected chi connectivity index (χ2v) is 10.0. The van der Waals surface area contributed by atoms with Gasteiger partial charge < -0.3 is 24.4 Å². The van der Waals surface area contributed by atoms with Gasteiger partial charge in [-0.3, -0.25) is 9.59 Å². The summed E-state index contributed by atoms with van der Waals surface area (Å²) >= 11 is 0. The number of sulfone groups is 1. The van der Waals surface area contributed by atoms with Crippen LogP contribution in [0.1, 0.15) is 24.0 Å². The molecule has 10 heteroatoms. The van der Waals surface area contributed by atoms with E-state index in [4.69, 9.17) is 14.2 Å². The van der Waals surface area contributed by atoms with Crippen LogP contribution in [-0.4, -0.2) is 53.9 Å². The van der Waals surface area contributed by atoms with E-state index in [0.29, 0.717) is 48.7 Å². The molecular weight excluding hydrogens is 448 g/mol. The Kier molecular flexibility index (Phi) is 6.20. The summed E-state index contributed by atoms with van der Waals surface area (Å²) in [5.74, 6) is 0.442. The maximum Gasteiger partial charge on any atom is 0.227 e. The molecule has 2 aliphatic rings. The van der Waals surface area contributed by atoms with Crippen LogP contribution in [0.5, 0.6) is 17.2 Å². The number of carbonyl (C=O) groups is 2. The molecule has 0 aromatic heterocycles. The molecule has 0 unspecified atom stereocenters. The first-order chi connectivity index (χ1) is 15.8. The second-order valence-electron chi connectivity index (χ2n) is 7.92. The Bertz CT molecular complexity index is 1200. The molecule has 0 saturated carbocycles. The van der Waals surface area contributed by atoms with Gasteiger partial charge in [0.2, 0.25) is 17.6 Å². The topological polar surface area (TPSA) is 111 Å². The van der Waals surface area contributed by atoms with Crippen molar-refractivity contribution in [2.45, 2.75) is 30.6 Å². The summed E-state index contributed by atoms with van der Waals surface area (Å²) in [7, 11) is 0.733. The highest BCUT2D eigenvalue weighted by molar-refractivity contribution is 7.91. The van der Waals surface area contributed by atoms with Gasteiger partial charge in [-0.05, 0) is 36.1 Å². The van der Waals surface area contributed by atoms with Crippen LogP contribution in [-0.2, 0) is 32.3 Å². The molecule has 2 aromatic carbocycles. The monoisotopic (exact) mass is 474 g/mol. The van der Waals surface area contributed by atoms with Crippen molar-refractivity contribution in [3.63, 3.8) is 0 Å². The van der Waals surface area contributed by atoms with E-state index in [1.165, 1.54) is 21.3 Å². The summed E-state index contributed by atoms with van der Waals surface area (Å²) in [6.45, 7) is 0.585. The lowest BCUT2D eigenvalue weighted by Gasteiger charge is -2.25. The van der Waals surface area contributed by atoms with Gasteiger partial charge >= 0.3 is 0 Å². The Labute approximate surface area is 192 Å². The third kappa shape index (κ3) is 4.35. The Balaban J connectivity index is 1.48. The largest absolute Gasteiger partial charge is 0.493 e. The number of rotatable bonds is 8. The number of ether oxygens (including phenoxy) is 3. The zero-order valence-electron chi connectivity index (χ0n) is 18.8. The van der Waals surface area contributed by atoms with Crippen molar-refractivity contribution in [3.05, 3.63) is 35.4 Å². The molecule has 176 valence electrons. The number of hydrogen-bond donors (Lipinski definition) is 1. The van der Waals surface area contributed by atoms with Crippen LogP contribution < -0.4 is 24.4 Å². The summed E-state index contributed by atoms with van der Waals surface area (Å²) < 4.78 is 41.8. The van der Waals surface area contributed by atoms with Crippen LogP contribution in [0.2, 0.25) is 0 Å². The molecule has 0 saturated heterocycles. The molecule has 2 heterocycles. The van der Waals surface area contributed by atoms with E-state index >= 15 is 0 Å². The SMILES string of the molecule is COc1cc(NC(=O)CCS(=O)(=O)c2cc3c4c(c2)CCN4C(=O)CC3)cc(OC)c1OC. The lowest BCUT2D eigenvalue weighted by Crippen LogP contribution is -2.32. The summed E-state index contributed by atoms with van der Waals surface area (Å²) in [6, 6.07) is 6.44. The minimum absolute atomic E-state index is 0.0836. The van der Waals surface area contributed by atoms with Crippen LogP contribution in [0.3, 0.4) is 0 Å². The van der Waals surface area contributed by atoms with Gasteiger partial charge in [-0.15, -0.1) is 0 Å². The van der Waals surface area contributed by atoms with E-state index in [0.717, 1.165) is 16.8 Å². The standard InChI is InChI=1S/C23H26N2O7S/c1-30-18-12-16(13-19(31-2)23(18)32-3)24-20(26)7-9-33(28,29)17-10-14-4-5-21(27)25-8-6-15(11-17)22(14)25/h10-13H,4-9H2,1-3H3,(H,24,26). The highest BCUT2D eigenvalue weighted by atomic mass is 32.2. The van der Waals surface area contributed by atoms with E-state index in [1.807, 2.05) is 0 Å². The molecule has 0 radical (unpaired) electrons. The van der Waals surface area contributed by atoms with Crippen molar-refractivity contribution in [3.8, 4) is 17.2 Å². The van der Waals surface area contributed by atoms with Crippen molar-refractivity contribution in [1.29, 1.82) is 0 Å². The van der Waals surface area contributed by atoms with E-state index in [9.17, 15) is 18.0 Å². The first-order valence-electron chi connectivity index (χ1n) is 10.6. The second kappa shape index (κ2) is 8.93. The van der Waals surface area contributed by atoms with Crippen molar-refractivity contribution < 1.29 is 32.2 Å². The number of nitrogens with zero attached hydrogens (tertiary/aromatic N) is 1. The Morgan fingerprint density at radius 3 is 2.21 bits per heavy atom. The van der Waals surface area contributed by atoms with E-state index in [1.54, 1.807) is 29.2 Å². The highest BCUT2D eigenvalue weighted by Gasteiger charge is 2.33. The van der Waals surface area contributed by atoms with Gasteiger partial charge in [0.25, 0.3) is 0 Å². The maximum absolute atomic E-state index is 13.0. The molecule has 0 atom stereocenters. The van der Waals surface area contributed by atoms with Crippen LogP contribution in [0.4, 0.5) is 11.4 Å². The van der Waals surface area contributed by atoms with Gasteiger partial charge in [0, 0.05) is 37.2 Å². The Morgan fingerprint density at radius 1 is 0.970 bits per heavy atom. The molecule has 0 fully saturated rings. The zero-order valence-corrected chi connectivity index (χ0v) is 19.6. The van der Waals surface area contributed by atoms with Crippen LogP contribution in [0.15, 0.2) is 29.2 Å². The molecule has 1 N–H and O–H groups in total. The van der Waals surface area contributed by atoms with Crippen molar-refractivity contribution in [1.82, 2.24) is 0 Å². The van der Waals surface area contributed by atoms with Gasteiger partial charge in [0.15, 0.2) is 21.3 Å². The minimum Gasteiger partial charge on any atom is -0.493 e. The van der Waals surface area contributed by atoms with Crippen LogP contribution >= 0.6 is 0 Å². The van der Waals surface area contributed by atoms with Crippen LogP contribution in [0, 0.1) is 0 Å². The predicted molar refractivity (Wildman–Crippen MR) is 122 cm³/mol. The molecule has 0 aliphatic carbocycles. The fourth-order valence-corrected chi connectivity index (χ4v) is 5.66. The number of anilines is 2. The molecule has 33 heavy (non-hydrogen) atoms. The summed E-state index contributed by atoms with van der Waals surface area (Å²) in [6.07, 6.45) is 1.34. The van der Waals surface area contributed by atoms with Crippen molar-refractivity contribution >= 4 is 33.0 Å². The number of carbonyl (C=O) groups excluding carboxylic acids is 2. The predicted octanol–water partition coefficient (Wildman–Crippen LogP) is 2.35. The third-order valence-electron chi connectivity index (χ3n) is 5.93. The Morgan fingerprint density at radius 2 is 1.61 bits per heavy atom. The zero-order chi connectivity index (χ0) is 23.8. The normalized spacial score (nSPS) is 14.6. The molecule has 2 amide bonds. The summed E-state index contributed by atoms with van der Waals surface area (Å²) in [4.78, 5) is 26.5. The molecule has 9 nitrogen and oxygen atoms in total. The van der Waals surface area contributed by atoms with E-state index in [-0.39, 0.29) is 23.0 Å². The molecule has 0 bridgehead atoms. The first-order valence-corrected chi connectivity index (χ1v) is 12.2. The number of hydrogen-bond acceptors (Lipinski definition) is 7. The van der Waals surface area contributed by atoms with Gasteiger partial charge in [-0.2, -0.15) is 0 Å². The fraction of sp³-hybridized carbons (Fsp3) is 0.391. The van der Waals surface area contributed by atoms with Gasteiger partial charge in [-0.1, -0.05) is 0 Å². The quantitative estimate of drug-likeness (QED) is 0.625. The number of aryl methyl sites for hydroxylation is 1. The summed E-state index contributed by atoms with van der Waals surface area (Å²) in [5.41, 5.74) is 3.02. The van der Waals surface area contributed by atoms with Gasteiger partial charge in [0.05, 0.1) is 37.7 Å². The molecular formula is C23H26N2O7S. The average molecular weight is 475 g/mol. The van der Waals surface area contributed by atoms with Gasteiger partial charge in [0.1, 0.15) is 0 Å². The molecule has 2 aliphatic heterocycles.